The maximum Gasteiger partial charge on any atom is 0.311 e. The molecule has 0 aliphatic carbocycles. The summed E-state index contributed by atoms with van der Waals surface area (Å²) in [7, 11) is 0. The van der Waals surface area contributed by atoms with Crippen molar-refractivity contribution in [2.45, 2.75) is 26.7 Å². The third-order valence-electron chi connectivity index (χ3n) is 1.39. The SMILES string of the molecule is CCCCOC(=O)C(C)C[O]. The molecule has 0 heterocycles. The normalized spacial score (nSPS) is 12.6. The van der Waals surface area contributed by atoms with Crippen molar-refractivity contribution < 1.29 is 14.6 Å². The number of carbonyl (C=O) groups is 1. The Balaban J connectivity index is 3.36. The molecule has 0 spiro atoms. The molecular formula is C8H15O3. The molecule has 0 saturated heterocycles. The molecule has 0 aromatic carbocycles. The number of hydrogen-bond donors (Lipinski definition) is 0. The Morgan fingerprint density at radius 1 is 1.55 bits per heavy atom. The van der Waals surface area contributed by atoms with Crippen molar-refractivity contribution in [2.75, 3.05) is 13.2 Å². The van der Waals surface area contributed by atoms with E-state index in [9.17, 15) is 9.90 Å². The van der Waals surface area contributed by atoms with Crippen molar-refractivity contribution in [3.8, 4) is 0 Å². The molecule has 3 heteroatoms. The lowest BCUT2D eigenvalue weighted by Gasteiger charge is -2.06. The van der Waals surface area contributed by atoms with Crippen LogP contribution in [0, 0.1) is 5.92 Å². The van der Waals surface area contributed by atoms with Crippen LogP contribution in [0.15, 0.2) is 0 Å². The van der Waals surface area contributed by atoms with E-state index in [4.69, 9.17) is 4.74 Å². The minimum Gasteiger partial charge on any atom is -0.465 e. The predicted molar refractivity (Wildman–Crippen MR) is 40.6 cm³/mol. The van der Waals surface area contributed by atoms with Crippen LogP contribution in [0.1, 0.15) is 26.7 Å². The molecule has 1 radical (unpaired) electrons. The molecule has 1 unspecified atom stereocenters. The van der Waals surface area contributed by atoms with E-state index in [2.05, 4.69) is 0 Å². The molecule has 0 bridgehead atoms. The van der Waals surface area contributed by atoms with Crippen LogP contribution < -0.4 is 0 Å². The third-order valence-corrected chi connectivity index (χ3v) is 1.39. The Bertz CT molecular complexity index is 112. The van der Waals surface area contributed by atoms with Gasteiger partial charge in [0.15, 0.2) is 0 Å². The van der Waals surface area contributed by atoms with Crippen molar-refractivity contribution in [3.05, 3.63) is 0 Å². The molecule has 3 nitrogen and oxygen atoms in total. The Hall–Kier alpha value is -0.570. The second-order valence-corrected chi connectivity index (χ2v) is 2.59. The Morgan fingerprint density at radius 3 is 2.64 bits per heavy atom. The fourth-order valence-electron chi connectivity index (χ4n) is 0.527. The molecule has 0 N–H and O–H groups in total. The van der Waals surface area contributed by atoms with Gasteiger partial charge >= 0.3 is 5.97 Å². The number of unbranched alkanes of at least 4 members (excludes halogenated alkanes) is 1. The number of esters is 1. The van der Waals surface area contributed by atoms with Gasteiger partial charge in [0.05, 0.1) is 19.1 Å². The van der Waals surface area contributed by atoms with Crippen molar-refractivity contribution >= 4 is 5.97 Å². The second-order valence-electron chi connectivity index (χ2n) is 2.59. The smallest absolute Gasteiger partial charge is 0.311 e. The molecule has 0 fully saturated rings. The van der Waals surface area contributed by atoms with E-state index in [1.165, 1.54) is 0 Å². The summed E-state index contributed by atoms with van der Waals surface area (Å²) in [5.41, 5.74) is 0. The van der Waals surface area contributed by atoms with E-state index in [1.54, 1.807) is 6.92 Å². The summed E-state index contributed by atoms with van der Waals surface area (Å²) in [4.78, 5) is 10.8. The Kier molecular flexibility index (Phi) is 5.84. The van der Waals surface area contributed by atoms with E-state index in [-0.39, 0.29) is 12.6 Å². The Morgan fingerprint density at radius 2 is 2.18 bits per heavy atom. The number of hydrogen-bond acceptors (Lipinski definition) is 2. The summed E-state index contributed by atoms with van der Waals surface area (Å²) in [5.74, 6) is -0.861. The molecule has 0 rings (SSSR count). The van der Waals surface area contributed by atoms with Gasteiger partial charge in [-0.05, 0) is 13.3 Å². The average Bonchev–Trinajstić information content (AvgIpc) is 2.03. The molecule has 0 amide bonds. The van der Waals surface area contributed by atoms with Crippen LogP contribution in [-0.4, -0.2) is 19.2 Å². The van der Waals surface area contributed by atoms with E-state index in [0.717, 1.165) is 12.8 Å². The highest BCUT2D eigenvalue weighted by molar-refractivity contribution is 5.71. The standard InChI is InChI=1S/C8H15O3/c1-3-4-5-11-8(10)7(2)6-9/h7H,3-6H2,1-2H3. The van der Waals surface area contributed by atoms with Crippen LogP contribution in [0.2, 0.25) is 0 Å². The van der Waals surface area contributed by atoms with E-state index in [1.807, 2.05) is 6.92 Å². The lowest BCUT2D eigenvalue weighted by atomic mass is 10.2. The lowest BCUT2D eigenvalue weighted by Crippen LogP contribution is -2.17. The van der Waals surface area contributed by atoms with Gasteiger partial charge in [-0.25, -0.2) is 5.11 Å². The molecule has 0 aliphatic heterocycles. The average molecular weight is 159 g/mol. The highest BCUT2D eigenvalue weighted by Crippen LogP contribution is 1.98. The summed E-state index contributed by atoms with van der Waals surface area (Å²) in [6, 6.07) is 0. The largest absolute Gasteiger partial charge is 0.465 e. The quantitative estimate of drug-likeness (QED) is 0.449. The van der Waals surface area contributed by atoms with Gasteiger partial charge in [0.25, 0.3) is 0 Å². The van der Waals surface area contributed by atoms with Gasteiger partial charge in [-0.2, -0.15) is 0 Å². The first kappa shape index (κ1) is 10.4. The van der Waals surface area contributed by atoms with Gasteiger partial charge in [-0.15, -0.1) is 0 Å². The first-order valence-electron chi connectivity index (χ1n) is 3.97. The van der Waals surface area contributed by atoms with Gasteiger partial charge in [-0.3, -0.25) is 4.79 Å². The number of rotatable bonds is 5. The van der Waals surface area contributed by atoms with E-state index >= 15 is 0 Å². The molecule has 0 aromatic heterocycles. The fourth-order valence-corrected chi connectivity index (χ4v) is 0.527. The second kappa shape index (κ2) is 6.16. The lowest BCUT2D eigenvalue weighted by molar-refractivity contribution is -0.150. The molecular weight excluding hydrogens is 144 g/mol. The van der Waals surface area contributed by atoms with Crippen molar-refractivity contribution in [1.29, 1.82) is 0 Å². The van der Waals surface area contributed by atoms with Crippen molar-refractivity contribution in [1.82, 2.24) is 0 Å². The van der Waals surface area contributed by atoms with Crippen molar-refractivity contribution in [3.63, 3.8) is 0 Å². The summed E-state index contributed by atoms with van der Waals surface area (Å²) >= 11 is 0. The number of carbonyl (C=O) groups excluding carboxylic acids is 1. The zero-order valence-corrected chi connectivity index (χ0v) is 7.13. The first-order chi connectivity index (χ1) is 5.22. The highest BCUT2D eigenvalue weighted by atomic mass is 16.5. The molecule has 1 atom stereocenters. The van der Waals surface area contributed by atoms with Gasteiger partial charge in [0.1, 0.15) is 0 Å². The summed E-state index contributed by atoms with van der Waals surface area (Å²) < 4.78 is 4.80. The zero-order chi connectivity index (χ0) is 8.69. The molecule has 0 aliphatic rings. The van der Waals surface area contributed by atoms with Gasteiger partial charge in [0, 0.05) is 0 Å². The summed E-state index contributed by atoms with van der Waals surface area (Å²) in [6.45, 7) is 3.66. The van der Waals surface area contributed by atoms with Crippen LogP contribution in [0.4, 0.5) is 0 Å². The highest BCUT2D eigenvalue weighted by Gasteiger charge is 2.12. The van der Waals surface area contributed by atoms with Gasteiger partial charge in [0.2, 0.25) is 0 Å². The monoisotopic (exact) mass is 159 g/mol. The van der Waals surface area contributed by atoms with Gasteiger partial charge < -0.3 is 4.74 Å². The maximum absolute atomic E-state index is 10.8. The Labute approximate surface area is 67.4 Å². The van der Waals surface area contributed by atoms with Gasteiger partial charge in [-0.1, -0.05) is 13.3 Å². The predicted octanol–water partition coefficient (Wildman–Crippen LogP) is 1.40. The van der Waals surface area contributed by atoms with Crippen LogP contribution >= 0.6 is 0 Å². The topological polar surface area (TPSA) is 46.2 Å². The van der Waals surface area contributed by atoms with Crippen LogP contribution in [0.5, 0.6) is 0 Å². The summed E-state index contributed by atoms with van der Waals surface area (Å²) in [5, 5.41) is 10.2. The fraction of sp³-hybridized carbons (Fsp3) is 0.875. The summed E-state index contributed by atoms with van der Waals surface area (Å²) in [6.07, 6.45) is 1.87. The molecule has 0 aromatic rings. The van der Waals surface area contributed by atoms with Crippen molar-refractivity contribution in [2.24, 2.45) is 5.92 Å². The first-order valence-corrected chi connectivity index (χ1v) is 3.97. The van der Waals surface area contributed by atoms with E-state index in [0.29, 0.717) is 6.61 Å². The minimum atomic E-state index is -0.494. The molecule has 0 saturated carbocycles. The molecule has 11 heavy (non-hydrogen) atoms. The zero-order valence-electron chi connectivity index (χ0n) is 7.13. The maximum atomic E-state index is 10.8. The third kappa shape index (κ3) is 4.79. The van der Waals surface area contributed by atoms with Crippen LogP contribution in [-0.2, 0) is 14.6 Å². The van der Waals surface area contributed by atoms with Crippen LogP contribution in [0.3, 0.4) is 0 Å². The molecule has 65 valence electrons. The van der Waals surface area contributed by atoms with E-state index < -0.39 is 5.92 Å². The minimum absolute atomic E-state index is 0.367. The number of ether oxygens (including phenoxy) is 1. The van der Waals surface area contributed by atoms with Crippen LogP contribution in [0.25, 0.3) is 0 Å².